The Labute approximate surface area is 122 Å². The molecule has 0 radical (unpaired) electrons. The Morgan fingerprint density at radius 3 is 2.30 bits per heavy atom. The highest BCUT2D eigenvalue weighted by Gasteiger charge is 2.13. The van der Waals surface area contributed by atoms with E-state index in [1.165, 1.54) is 11.3 Å². The zero-order chi connectivity index (χ0) is 13.4. The lowest BCUT2D eigenvalue weighted by molar-refractivity contribution is 1.20. The minimum atomic E-state index is 0.656. The Hall–Kier alpha value is -2.18. The highest BCUT2D eigenvalue weighted by molar-refractivity contribution is 7.13. The number of fused-ring (bicyclic) bond motifs is 1. The molecule has 4 nitrogen and oxygen atoms in total. The Balaban J connectivity index is 2.05. The van der Waals surface area contributed by atoms with E-state index in [4.69, 9.17) is 0 Å². The van der Waals surface area contributed by atoms with Crippen molar-refractivity contribution in [2.45, 2.75) is 0 Å². The van der Waals surface area contributed by atoms with E-state index in [0.717, 1.165) is 26.6 Å². The average molecular weight is 296 g/mol. The number of rotatable bonds is 2. The molecule has 0 unspecified atom stereocenters. The summed E-state index contributed by atoms with van der Waals surface area (Å²) in [5, 5.41) is 6.63. The third kappa shape index (κ3) is 1.90. The Kier molecular flexibility index (Phi) is 2.75. The quantitative estimate of drug-likeness (QED) is 0.563. The first-order valence-electron chi connectivity index (χ1n) is 5.98. The van der Waals surface area contributed by atoms with Crippen LogP contribution in [0.25, 0.3) is 32.4 Å². The van der Waals surface area contributed by atoms with Crippen molar-refractivity contribution in [2.24, 2.45) is 0 Å². The van der Waals surface area contributed by atoms with Crippen molar-refractivity contribution < 1.29 is 0 Å². The molecule has 1 aromatic carbocycles. The fourth-order valence-electron chi connectivity index (χ4n) is 2.01. The van der Waals surface area contributed by atoms with Crippen molar-refractivity contribution in [1.82, 2.24) is 19.9 Å². The molecule has 4 rings (SSSR count). The van der Waals surface area contributed by atoms with Crippen molar-refractivity contribution in [3.8, 4) is 21.5 Å². The van der Waals surface area contributed by atoms with E-state index in [2.05, 4.69) is 19.9 Å². The normalized spacial score (nSPS) is 11.0. The summed E-state index contributed by atoms with van der Waals surface area (Å²) in [6, 6.07) is 7.99. The third-order valence-corrected chi connectivity index (χ3v) is 4.41. The van der Waals surface area contributed by atoms with Gasteiger partial charge >= 0.3 is 0 Å². The fraction of sp³-hybridized carbons (Fsp3) is 0. The van der Waals surface area contributed by atoms with E-state index in [-0.39, 0.29) is 0 Å². The van der Waals surface area contributed by atoms with Gasteiger partial charge in [0.25, 0.3) is 0 Å². The lowest BCUT2D eigenvalue weighted by Gasteiger charge is -2.05. The molecule has 0 atom stereocenters. The van der Waals surface area contributed by atoms with Crippen LogP contribution in [0.15, 0.2) is 47.4 Å². The summed E-state index contributed by atoms with van der Waals surface area (Å²) >= 11 is 3.12. The van der Waals surface area contributed by atoms with E-state index in [9.17, 15) is 0 Å². The van der Waals surface area contributed by atoms with Crippen LogP contribution in [0.3, 0.4) is 0 Å². The number of para-hydroxylation sites is 1. The van der Waals surface area contributed by atoms with E-state index < -0.39 is 0 Å². The molecule has 0 N–H and O–H groups in total. The first-order chi connectivity index (χ1) is 9.92. The standard InChI is InChI=1S/C14H8N4S2/c1-2-4-10-9(3-1)11(13-15-5-7-19-13)18-12(17-10)14-16-6-8-20-14/h1-8H. The molecule has 20 heavy (non-hydrogen) atoms. The lowest BCUT2D eigenvalue weighted by Crippen LogP contribution is -1.94. The van der Waals surface area contributed by atoms with Crippen LogP contribution < -0.4 is 0 Å². The molecule has 0 aliphatic rings. The largest absolute Gasteiger partial charge is 0.243 e. The van der Waals surface area contributed by atoms with Gasteiger partial charge in [0.15, 0.2) is 10.8 Å². The molecule has 3 aromatic heterocycles. The molecule has 3 heterocycles. The summed E-state index contributed by atoms with van der Waals surface area (Å²) in [5.74, 6) is 0.656. The van der Waals surface area contributed by atoms with Gasteiger partial charge in [-0.2, -0.15) is 0 Å². The van der Waals surface area contributed by atoms with Crippen LogP contribution in [-0.4, -0.2) is 19.9 Å². The number of hydrogen-bond acceptors (Lipinski definition) is 6. The molecule has 96 valence electrons. The molecule has 0 spiro atoms. The fourth-order valence-corrected chi connectivity index (χ4v) is 3.22. The van der Waals surface area contributed by atoms with Crippen LogP contribution in [0.2, 0.25) is 0 Å². The van der Waals surface area contributed by atoms with Crippen LogP contribution >= 0.6 is 22.7 Å². The van der Waals surface area contributed by atoms with Gasteiger partial charge in [0, 0.05) is 28.5 Å². The molecule has 0 bridgehead atoms. The van der Waals surface area contributed by atoms with Gasteiger partial charge in [-0.25, -0.2) is 19.9 Å². The molecule has 4 aromatic rings. The number of hydrogen-bond donors (Lipinski definition) is 0. The Morgan fingerprint density at radius 1 is 0.800 bits per heavy atom. The maximum absolute atomic E-state index is 4.67. The van der Waals surface area contributed by atoms with E-state index in [0.29, 0.717) is 5.82 Å². The number of thiazole rings is 2. The minimum Gasteiger partial charge on any atom is -0.243 e. The number of nitrogens with zero attached hydrogens (tertiary/aromatic N) is 4. The van der Waals surface area contributed by atoms with Crippen molar-refractivity contribution >= 4 is 33.6 Å². The number of benzene rings is 1. The first-order valence-corrected chi connectivity index (χ1v) is 7.74. The SMILES string of the molecule is c1ccc2c(-c3nccs3)nc(-c3nccs3)nc2c1. The van der Waals surface area contributed by atoms with Crippen LogP contribution in [0.4, 0.5) is 0 Å². The van der Waals surface area contributed by atoms with Gasteiger partial charge in [-0.3, -0.25) is 0 Å². The van der Waals surface area contributed by atoms with Gasteiger partial charge in [0.1, 0.15) is 10.7 Å². The second-order valence-electron chi connectivity index (χ2n) is 4.09. The van der Waals surface area contributed by atoms with Gasteiger partial charge < -0.3 is 0 Å². The summed E-state index contributed by atoms with van der Waals surface area (Å²) in [5.41, 5.74) is 1.79. The van der Waals surface area contributed by atoms with Crippen molar-refractivity contribution in [3.63, 3.8) is 0 Å². The molecule has 0 aliphatic carbocycles. The highest BCUT2D eigenvalue weighted by Crippen LogP contribution is 2.30. The predicted molar refractivity (Wildman–Crippen MR) is 81.8 cm³/mol. The van der Waals surface area contributed by atoms with Gasteiger partial charge in [-0.05, 0) is 6.07 Å². The maximum Gasteiger partial charge on any atom is 0.189 e. The van der Waals surface area contributed by atoms with Crippen LogP contribution in [-0.2, 0) is 0 Å². The van der Waals surface area contributed by atoms with Crippen LogP contribution in [0.5, 0.6) is 0 Å². The van der Waals surface area contributed by atoms with E-state index in [1.807, 2.05) is 35.0 Å². The predicted octanol–water partition coefficient (Wildman–Crippen LogP) is 3.88. The summed E-state index contributed by atoms with van der Waals surface area (Å²) in [7, 11) is 0. The molecule has 0 saturated carbocycles. The molecule has 6 heteroatoms. The Morgan fingerprint density at radius 2 is 1.55 bits per heavy atom. The van der Waals surface area contributed by atoms with E-state index >= 15 is 0 Å². The van der Waals surface area contributed by atoms with Gasteiger partial charge in [-0.15, -0.1) is 22.7 Å². The number of aromatic nitrogens is 4. The van der Waals surface area contributed by atoms with Gasteiger partial charge in [0.2, 0.25) is 0 Å². The molecule has 0 aliphatic heterocycles. The zero-order valence-electron chi connectivity index (χ0n) is 10.2. The average Bonchev–Trinajstić information content (AvgIpc) is 3.19. The van der Waals surface area contributed by atoms with Gasteiger partial charge in [-0.1, -0.05) is 18.2 Å². The summed E-state index contributed by atoms with van der Waals surface area (Å²) < 4.78 is 0. The first kappa shape index (κ1) is 11.6. The highest BCUT2D eigenvalue weighted by atomic mass is 32.1. The van der Waals surface area contributed by atoms with Crippen molar-refractivity contribution in [3.05, 3.63) is 47.4 Å². The van der Waals surface area contributed by atoms with Crippen molar-refractivity contribution in [1.29, 1.82) is 0 Å². The zero-order valence-corrected chi connectivity index (χ0v) is 11.9. The summed E-state index contributed by atoms with van der Waals surface area (Å²) in [4.78, 5) is 17.9. The summed E-state index contributed by atoms with van der Waals surface area (Å²) in [6.07, 6.45) is 3.56. The van der Waals surface area contributed by atoms with Gasteiger partial charge in [0.05, 0.1) is 5.52 Å². The van der Waals surface area contributed by atoms with Crippen molar-refractivity contribution in [2.75, 3.05) is 0 Å². The summed E-state index contributed by atoms with van der Waals surface area (Å²) in [6.45, 7) is 0. The molecular formula is C14H8N4S2. The lowest BCUT2D eigenvalue weighted by atomic mass is 10.2. The second-order valence-corrected chi connectivity index (χ2v) is 5.88. The molecular weight excluding hydrogens is 288 g/mol. The molecule has 0 fully saturated rings. The van der Waals surface area contributed by atoms with Crippen LogP contribution in [0.1, 0.15) is 0 Å². The Bertz CT molecular complexity index is 854. The monoisotopic (exact) mass is 296 g/mol. The topological polar surface area (TPSA) is 51.6 Å². The second kappa shape index (κ2) is 4.73. The third-order valence-electron chi connectivity index (χ3n) is 2.86. The molecule has 0 amide bonds. The molecule has 0 saturated heterocycles. The van der Waals surface area contributed by atoms with E-state index in [1.54, 1.807) is 23.7 Å². The maximum atomic E-state index is 4.67. The van der Waals surface area contributed by atoms with Crippen LogP contribution in [0, 0.1) is 0 Å². The minimum absolute atomic E-state index is 0.656. The smallest absolute Gasteiger partial charge is 0.189 e.